The van der Waals surface area contributed by atoms with E-state index in [0.29, 0.717) is 0 Å². The minimum absolute atomic E-state index is 0.0985. The zero-order valence-electron chi connectivity index (χ0n) is 11.8. The lowest BCUT2D eigenvalue weighted by atomic mass is 9.97. The van der Waals surface area contributed by atoms with Gasteiger partial charge in [0.15, 0.2) is 0 Å². The number of benzene rings is 2. The molecular formula is C16H14Br3FO. The maximum Gasteiger partial charge on any atom is 0.126 e. The molecule has 112 valence electrons. The molecule has 0 amide bonds. The fourth-order valence-corrected chi connectivity index (χ4v) is 4.71. The van der Waals surface area contributed by atoms with Crippen molar-refractivity contribution in [1.82, 2.24) is 0 Å². The highest BCUT2D eigenvalue weighted by atomic mass is 79.9. The lowest BCUT2D eigenvalue weighted by molar-refractivity contribution is 0.406. The summed E-state index contributed by atoms with van der Waals surface area (Å²) in [6, 6.07) is 6.74. The Kier molecular flexibility index (Phi) is 5.49. The van der Waals surface area contributed by atoms with Crippen molar-refractivity contribution in [2.45, 2.75) is 18.7 Å². The monoisotopic (exact) mass is 478 g/mol. The van der Waals surface area contributed by atoms with Crippen LogP contribution < -0.4 is 4.74 Å². The fourth-order valence-electron chi connectivity index (χ4n) is 2.31. The summed E-state index contributed by atoms with van der Waals surface area (Å²) in [7, 11) is 1.67. The Balaban J connectivity index is 2.65. The number of ether oxygens (including phenoxy) is 1. The standard InChI is InChI=1S/C16H14Br3FO/c1-8-6-12(17)9(2)14(16(8)21-3)15(19)11-5-4-10(20)7-13(11)18/h4-7,15H,1-3H3. The minimum Gasteiger partial charge on any atom is -0.496 e. The van der Waals surface area contributed by atoms with Gasteiger partial charge in [-0.2, -0.15) is 0 Å². The molecular weight excluding hydrogens is 467 g/mol. The van der Waals surface area contributed by atoms with Gasteiger partial charge in [0.1, 0.15) is 11.6 Å². The van der Waals surface area contributed by atoms with Crippen molar-refractivity contribution in [3.8, 4) is 5.75 Å². The summed E-state index contributed by atoms with van der Waals surface area (Å²) in [4.78, 5) is -0.0985. The third-order valence-electron chi connectivity index (χ3n) is 3.40. The van der Waals surface area contributed by atoms with Crippen LogP contribution >= 0.6 is 47.8 Å². The van der Waals surface area contributed by atoms with Gasteiger partial charge in [-0.1, -0.05) is 53.9 Å². The smallest absolute Gasteiger partial charge is 0.126 e. The zero-order valence-corrected chi connectivity index (χ0v) is 16.6. The van der Waals surface area contributed by atoms with Crippen LogP contribution in [0.2, 0.25) is 0 Å². The largest absolute Gasteiger partial charge is 0.496 e. The number of halogens is 4. The molecule has 0 spiro atoms. The quantitative estimate of drug-likeness (QED) is 0.458. The normalized spacial score (nSPS) is 12.3. The van der Waals surface area contributed by atoms with Crippen molar-refractivity contribution < 1.29 is 9.13 Å². The molecule has 0 aromatic heterocycles. The van der Waals surface area contributed by atoms with Gasteiger partial charge in [-0.3, -0.25) is 0 Å². The van der Waals surface area contributed by atoms with Crippen LogP contribution in [0, 0.1) is 19.7 Å². The third-order valence-corrected chi connectivity index (χ3v) is 5.86. The molecule has 0 N–H and O–H groups in total. The van der Waals surface area contributed by atoms with Crippen LogP contribution in [-0.2, 0) is 0 Å². The number of hydrogen-bond acceptors (Lipinski definition) is 1. The van der Waals surface area contributed by atoms with Crippen molar-refractivity contribution in [2.24, 2.45) is 0 Å². The molecule has 0 aliphatic heterocycles. The second-order valence-corrected chi connectivity index (χ2v) is 7.40. The Morgan fingerprint density at radius 2 is 1.76 bits per heavy atom. The molecule has 0 aliphatic carbocycles. The van der Waals surface area contributed by atoms with E-state index in [4.69, 9.17) is 4.74 Å². The number of aryl methyl sites for hydroxylation is 1. The molecule has 1 atom stereocenters. The zero-order chi connectivity index (χ0) is 15.7. The predicted octanol–water partition coefficient (Wildman–Crippen LogP) is 6.46. The maximum atomic E-state index is 13.3. The molecule has 0 fully saturated rings. The summed E-state index contributed by atoms with van der Waals surface area (Å²) in [5.41, 5.74) is 4.13. The van der Waals surface area contributed by atoms with Crippen LogP contribution in [0.3, 0.4) is 0 Å². The highest BCUT2D eigenvalue weighted by molar-refractivity contribution is 9.11. The molecule has 5 heteroatoms. The number of hydrogen-bond donors (Lipinski definition) is 0. The number of methoxy groups -OCH3 is 1. The van der Waals surface area contributed by atoms with E-state index in [1.54, 1.807) is 13.2 Å². The first-order valence-electron chi connectivity index (χ1n) is 6.29. The average molecular weight is 481 g/mol. The minimum atomic E-state index is -0.264. The Labute approximate surface area is 149 Å². The van der Waals surface area contributed by atoms with Crippen molar-refractivity contribution in [1.29, 1.82) is 0 Å². The van der Waals surface area contributed by atoms with Crippen molar-refractivity contribution >= 4 is 47.8 Å². The molecule has 0 saturated carbocycles. The van der Waals surface area contributed by atoms with E-state index in [-0.39, 0.29) is 10.6 Å². The van der Waals surface area contributed by atoms with Crippen LogP contribution in [0.25, 0.3) is 0 Å². The fraction of sp³-hybridized carbons (Fsp3) is 0.250. The van der Waals surface area contributed by atoms with Gasteiger partial charge in [0.25, 0.3) is 0 Å². The van der Waals surface area contributed by atoms with Crippen LogP contribution in [0.15, 0.2) is 33.2 Å². The Morgan fingerprint density at radius 3 is 2.33 bits per heavy atom. The summed E-state index contributed by atoms with van der Waals surface area (Å²) >= 11 is 10.7. The first kappa shape index (κ1) is 17.0. The Morgan fingerprint density at radius 1 is 1.10 bits per heavy atom. The Bertz CT molecular complexity index is 686. The van der Waals surface area contributed by atoms with Crippen LogP contribution in [0.1, 0.15) is 27.1 Å². The van der Waals surface area contributed by atoms with Crippen LogP contribution in [0.4, 0.5) is 4.39 Å². The van der Waals surface area contributed by atoms with Gasteiger partial charge in [0, 0.05) is 14.5 Å². The molecule has 0 saturated heterocycles. The third kappa shape index (κ3) is 3.35. The highest BCUT2D eigenvalue weighted by Crippen LogP contribution is 2.44. The lowest BCUT2D eigenvalue weighted by Crippen LogP contribution is -2.03. The molecule has 0 heterocycles. The van der Waals surface area contributed by atoms with E-state index >= 15 is 0 Å². The van der Waals surface area contributed by atoms with Gasteiger partial charge in [-0.05, 0) is 48.7 Å². The molecule has 0 aliphatic rings. The van der Waals surface area contributed by atoms with Gasteiger partial charge in [-0.25, -0.2) is 4.39 Å². The lowest BCUT2D eigenvalue weighted by Gasteiger charge is -2.21. The molecule has 1 nitrogen and oxygen atoms in total. The molecule has 0 bridgehead atoms. The molecule has 2 aromatic rings. The summed E-state index contributed by atoms with van der Waals surface area (Å²) < 4.78 is 20.6. The molecule has 0 radical (unpaired) electrons. The van der Waals surface area contributed by atoms with E-state index in [1.165, 1.54) is 12.1 Å². The van der Waals surface area contributed by atoms with Gasteiger partial charge in [0.05, 0.1) is 11.9 Å². The van der Waals surface area contributed by atoms with Gasteiger partial charge in [0.2, 0.25) is 0 Å². The number of alkyl halides is 1. The molecule has 2 rings (SSSR count). The van der Waals surface area contributed by atoms with E-state index in [0.717, 1.165) is 36.9 Å². The van der Waals surface area contributed by atoms with Gasteiger partial charge >= 0.3 is 0 Å². The first-order chi connectivity index (χ1) is 9.86. The van der Waals surface area contributed by atoms with E-state index in [1.807, 2.05) is 19.9 Å². The second-order valence-electron chi connectivity index (χ2n) is 4.78. The summed E-state index contributed by atoms with van der Waals surface area (Å²) in [6.45, 7) is 4.04. The van der Waals surface area contributed by atoms with Crippen LogP contribution in [0.5, 0.6) is 5.75 Å². The van der Waals surface area contributed by atoms with Crippen molar-refractivity contribution in [2.75, 3.05) is 7.11 Å². The summed E-state index contributed by atoms with van der Waals surface area (Å²) in [5, 5.41) is 0. The first-order valence-corrected chi connectivity index (χ1v) is 8.79. The topological polar surface area (TPSA) is 9.23 Å². The predicted molar refractivity (Wildman–Crippen MR) is 95.0 cm³/mol. The van der Waals surface area contributed by atoms with Crippen molar-refractivity contribution in [3.63, 3.8) is 0 Å². The van der Waals surface area contributed by atoms with Gasteiger partial charge < -0.3 is 4.74 Å². The van der Waals surface area contributed by atoms with Crippen LogP contribution in [-0.4, -0.2) is 7.11 Å². The molecule has 2 aromatic carbocycles. The second kappa shape index (κ2) is 6.80. The van der Waals surface area contributed by atoms with E-state index in [2.05, 4.69) is 47.8 Å². The van der Waals surface area contributed by atoms with Crippen molar-refractivity contribution in [3.05, 3.63) is 61.3 Å². The maximum absolute atomic E-state index is 13.3. The van der Waals surface area contributed by atoms with E-state index < -0.39 is 0 Å². The number of rotatable bonds is 3. The SMILES string of the molecule is COc1c(C)cc(Br)c(C)c1C(Br)c1ccc(F)cc1Br. The molecule has 1 unspecified atom stereocenters. The van der Waals surface area contributed by atoms with Gasteiger partial charge in [-0.15, -0.1) is 0 Å². The highest BCUT2D eigenvalue weighted by Gasteiger charge is 2.23. The van der Waals surface area contributed by atoms with E-state index in [9.17, 15) is 4.39 Å². The Hall–Kier alpha value is -0.390. The summed E-state index contributed by atoms with van der Waals surface area (Å²) in [6.07, 6.45) is 0. The average Bonchev–Trinajstić information content (AvgIpc) is 2.41. The molecule has 21 heavy (non-hydrogen) atoms. The summed E-state index contributed by atoms with van der Waals surface area (Å²) in [5.74, 6) is 0.577.